The van der Waals surface area contributed by atoms with Gasteiger partial charge in [0.05, 0.1) is 0 Å². The average Bonchev–Trinajstić information content (AvgIpc) is 3.22. The molecule has 1 saturated carbocycles. The Bertz CT molecular complexity index is 468. The Morgan fingerprint density at radius 2 is 1.80 bits per heavy atom. The molecule has 0 radical (unpaired) electrons. The van der Waals surface area contributed by atoms with Gasteiger partial charge in [-0.2, -0.15) is 15.0 Å². The predicted molar refractivity (Wildman–Crippen MR) is 80.4 cm³/mol. The summed E-state index contributed by atoms with van der Waals surface area (Å²) < 4.78 is 0. The molecule has 110 valence electrons. The summed E-state index contributed by atoms with van der Waals surface area (Å²) in [5.74, 6) is 1.30. The van der Waals surface area contributed by atoms with Gasteiger partial charge >= 0.3 is 0 Å². The summed E-state index contributed by atoms with van der Waals surface area (Å²) in [6.07, 6.45) is 2.37. The lowest BCUT2D eigenvalue weighted by Crippen LogP contribution is -2.49. The maximum absolute atomic E-state index is 6.01. The Balaban J connectivity index is 1.68. The first-order valence-corrected chi connectivity index (χ1v) is 7.67. The van der Waals surface area contributed by atoms with Gasteiger partial charge in [0.15, 0.2) is 0 Å². The van der Waals surface area contributed by atoms with E-state index in [-0.39, 0.29) is 5.28 Å². The molecule has 1 N–H and O–H groups in total. The zero-order chi connectivity index (χ0) is 14.1. The molecule has 20 heavy (non-hydrogen) atoms. The maximum Gasteiger partial charge on any atom is 0.231 e. The van der Waals surface area contributed by atoms with E-state index in [1.54, 1.807) is 0 Å². The fourth-order valence-electron chi connectivity index (χ4n) is 2.39. The van der Waals surface area contributed by atoms with Crippen molar-refractivity contribution in [1.82, 2.24) is 19.9 Å². The molecule has 1 saturated heterocycles. The highest BCUT2D eigenvalue weighted by Gasteiger charge is 2.24. The van der Waals surface area contributed by atoms with E-state index >= 15 is 0 Å². The van der Waals surface area contributed by atoms with Crippen LogP contribution >= 0.6 is 11.6 Å². The van der Waals surface area contributed by atoms with Crippen LogP contribution in [0.15, 0.2) is 0 Å². The molecule has 0 aromatic carbocycles. The second kappa shape index (κ2) is 5.69. The van der Waals surface area contributed by atoms with Crippen molar-refractivity contribution in [2.45, 2.75) is 38.8 Å². The average molecular weight is 297 g/mol. The van der Waals surface area contributed by atoms with Crippen LogP contribution in [0.4, 0.5) is 11.9 Å². The minimum absolute atomic E-state index is 0.268. The van der Waals surface area contributed by atoms with Gasteiger partial charge in [-0.1, -0.05) is 0 Å². The number of anilines is 2. The molecule has 3 rings (SSSR count). The molecule has 2 heterocycles. The second-order valence-corrected chi connectivity index (χ2v) is 6.10. The standard InChI is InChI=1S/C13H21ClN6/c1-9(2)19-5-7-20(8-6-19)13-17-11(14)16-12(18-13)15-10-3-4-10/h9-10H,3-8H2,1-2H3,(H,15,16,17,18). The number of aromatic nitrogens is 3. The smallest absolute Gasteiger partial charge is 0.231 e. The van der Waals surface area contributed by atoms with Crippen molar-refractivity contribution >= 4 is 23.5 Å². The number of nitrogens with zero attached hydrogens (tertiary/aromatic N) is 5. The van der Waals surface area contributed by atoms with E-state index in [0.717, 1.165) is 26.2 Å². The van der Waals surface area contributed by atoms with Gasteiger partial charge in [-0.3, -0.25) is 4.90 Å². The summed E-state index contributed by atoms with van der Waals surface area (Å²) >= 11 is 6.01. The summed E-state index contributed by atoms with van der Waals surface area (Å²) in [5.41, 5.74) is 0. The van der Waals surface area contributed by atoms with Gasteiger partial charge < -0.3 is 10.2 Å². The highest BCUT2D eigenvalue weighted by molar-refractivity contribution is 6.28. The van der Waals surface area contributed by atoms with Gasteiger partial charge in [0.2, 0.25) is 17.2 Å². The van der Waals surface area contributed by atoms with E-state index in [4.69, 9.17) is 11.6 Å². The Morgan fingerprint density at radius 3 is 2.40 bits per heavy atom. The molecular formula is C13H21ClN6. The van der Waals surface area contributed by atoms with Gasteiger partial charge in [0.25, 0.3) is 0 Å². The van der Waals surface area contributed by atoms with Crippen LogP contribution < -0.4 is 10.2 Å². The van der Waals surface area contributed by atoms with Gasteiger partial charge in [-0.25, -0.2) is 0 Å². The van der Waals surface area contributed by atoms with E-state index in [2.05, 4.69) is 43.9 Å². The Labute approximate surface area is 124 Å². The lowest BCUT2D eigenvalue weighted by molar-refractivity contribution is 0.208. The topological polar surface area (TPSA) is 57.2 Å². The molecule has 2 fully saturated rings. The molecule has 1 aliphatic heterocycles. The van der Waals surface area contributed by atoms with Gasteiger partial charge in [-0.05, 0) is 38.3 Å². The van der Waals surface area contributed by atoms with Crippen molar-refractivity contribution < 1.29 is 0 Å². The normalized spacial score (nSPS) is 20.5. The second-order valence-electron chi connectivity index (χ2n) is 5.76. The summed E-state index contributed by atoms with van der Waals surface area (Å²) in [7, 11) is 0. The van der Waals surface area contributed by atoms with E-state index in [0.29, 0.717) is 24.0 Å². The highest BCUT2D eigenvalue weighted by Crippen LogP contribution is 2.24. The predicted octanol–water partition coefficient (Wildman–Crippen LogP) is 1.63. The van der Waals surface area contributed by atoms with Crippen LogP contribution in [0.3, 0.4) is 0 Å². The maximum atomic E-state index is 6.01. The summed E-state index contributed by atoms with van der Waals surface area (Å²) in [5, 5.41) is 3.55. The molecule has 0 amide bonds. The third kappa shape index (κ3) is 3.30. The van der Waals surface area contributed by atoms with Crippen molar-refractivity contribution in [3.8, 4) is 0 Å². The summed E-state index contributed by atoms with van der Waals surface area (Å²) in [6.45, 7) is 8.39. The minimum Gasteiger partial charge on any atom is -0.351 e. The molecule has 1 aliphatic carbocycles. The molecule has 0 atom stereocenters. The van der Waals surface area contributed by atoms with Gasteiger partial charge in [0.1, 0.15) is 0 Å². The molecule has 1 aromatic rings. The lowest BCUT2D eigenvalue weighted by Gasteiger charge is -2.36. The quantitative estimate of drug-likeness (QED) is 0.911. The summed E-state index contributed by atoms with van der Waals surface area (Å²) in [6, 6.07) is 1.10. The Hall–Kier alpha value is -1.14. The number of halogens is 1. The first-order valence-electron chi connectivity index (χ1n) is 7.29. The first kappa shape index (κ1) is 13.8. The highest BCUT2D eigenvalue weighted by atomic mass is 35.5. The van der Waals surface area contributed by atoms with E-state index in [9.17, 15) is 0 Å². The number of hydrogen-bond acceptors (Lipinski definition) is 6. The number of rotatable bonds is 4. The van der Waals surface area contributed by atoms with Crippen LogP contribution in [0.2, 0.25) is 5.28 Å². The SMILES string of the molecule is CC(C)N1CCN(c2nc(Cl)nc(NC3CC3)n2)CC1. The number of piperazine rings is 1. The third-order valence-corrected chi connectivity index (χ3v) is 4.00. The van der Waals surface area contributed by atoms with Crippen LogP contribution in [0, 0.1) is 0 Å². The van der Waals surface area contributed by atoms with Crippen LogP contribution in [-0.4, -0.2) is 58.1 Å². The number of nitrogens with one attached hydrogen (secondary N) is 1. The van der Waals surface area contributed by atoms with Gasteiger partial charge in [0, 0.05) is 38.3 Å². The molecule has 0 unspecified atom stereocenters. The van der Waals surface area contributed by atoms with E-state index in [1.807, 2.05) is 0 Å². The first-order chi connectivity index (χ1) is 9.61. The zero-order valence-corrected chi connectivity index (χ0v) is 12.8. The monoisotopic (exact) mass is 296 g/mol. The van der Waals surface area contributed by atoms with Crippen molar-refractivity contribution in [1.29, 1.82) is 0 Å². The van der Waals surface area contributed by atoms with Crippen molar-refractivity contribution in [3.63, 3.8) is 0 Å². The van der Waals surface area contributed by atoms with E-state index in [1.165, 1.54) is 12.8 Å². The molecule has 2 aliphatic rings. The van der Waals surface area contributed by atoms with Crippen LogP contribution in [0.5, 0.6) is 0 Å². The Morgan fingerprint density at radius 1 is 1.10 bits per heavy atom. The van der Waals surface area contributed by atoms with E-state index < -0.39 is 0 Å². The molecule has 1 aromatic heterocycles. The van der Waals surface area contributed by atoms with Gasteiger partial charge in [-0.15, -0.1) is 0 Å². The summed E-state index contributed by atoms with van der Waals surface area (Å²) in [4.78, 5) is 17.6. The largest absolute Gasteiger partial charge is 0.351 e. The lowest BCUT2D eigenvalue weighted by atomic mass is 10.2. The molecule has 0 spiro atoms. The molecule has 0 bridgehead atoms. The van der Waals surface area contributed by atoms with Crippen LogP contribution in [0.25, 0.3) is 0 Å². The fraction of sp³-hybridized carbons (Fsp3) is 0.769. The molecule has 6 nitrogen and oxygen atoms in total. The molecular weight excluding hydrogens is 276 g/mol. The van der Waals surface area contributed by atoms with Crippen LogP contribution in [-0.2, 0) is 0 Å². The number of hydrogen-bond donors (Lipinski definition) is 1. The van der Waals surface area contributed by atoms with Crippen molar-refractivity contribution in [2.75, 3.05) is 36.4 Å². The minimum atomic E-state index is 0.268. The van der Waals surface area contributed by atoms with Crippen LogP contribution in [0.1, 0.15) is 26.7 Å². The third-order valence-electron chi connectivity index (χ3n) is 3.83. The Kier molecular flexibility index (Phi) is 3.94. The van der Waals surface area contributed by atoms with Crippen molar-refractivity contribution in [3.05, 3.63) is 5.28 Å². The fourth-order valence-corrected chi connectivity index (χ4v) is 2.55. The zero-order valence-electron chi connectivity index (χ0n) is 12.0. The van der Waals surface area contributed by atoms with Crippen molar-refractivity contribution in [2.24, 2.45) is 0 Å². The molecule has 7 heteroatoms.